The summed E-state index contributed by atoms with van der Waals surface area (Å²) in [6.45, 7) is 5.57. The van der Waals surface area contributed by atoms with Crippen LogP contribution in [0, 0.1) is 0 Å². The normalized spacial score (nSPS) is 15.5. The van der Waals surface area contributed by atoms with Gasteiger partial charge in [0.25, 0.3) is 0 Å². The van der Waals surface area contributed by atoms with Crippen molar-refractivity contribution in [3.05, 3.63) is 0 Å². The second-order valence-corrected chi connectivity index (χ2v) is 3.31. The first kappa shape index (κ1) is 11.9. The van der Waals surface area contributed by atoms with E-state index in [1.54, 1.807) is 0 Å². The van der Waals surface area contributed by atoms with Gasteiger partial charge in [0.2, 0.25) is 0 Å². The highest BCUT2D eigenvalue weighted by atomic mass is 14.9. The van der Waals surface area contributed by atoms with Gasteiger partial charge in [-0.15, -0.1) is 0 Å². The van der Waals surface area contributed by atoms with Crippen LogP contribution < -0.4 is 11.1 Å². The van der Waals surface area contributed by atoms with Gasteiger partial charge >= 0.3 is 0 Å². The largest absolute Gasteiger partial charge is 0.330 e. The van der Waals surface area contributed by atoms with E-state index in [2.05, 4.69) is 12.2 Å². The summed E-state index contributed by atoms with van der Waals surface area (Å²) in [4.78, 5) is 0. The highest BCUT2D eigenvalue weighted by molar-refractivity contribution is 4.55. The van der Waals surface area contributed by atoms with Crippen LogP contribution in [-0.2, 0) is 0 Å². The van der Waals surface area contributed by atoms with Gasteiger partial charge in [0, 0.05) is 0 Å². The second-order valence-electron chi connectivity index (χ2n) is 3.31. The smallest absolute Gasteiger partial charge is 0.00484 e. The molecule has 1 fully saturated rings. The minimum absolute atomic E-state index is 0.861. The molecule has 2 heteroatoms. The van der Waals surface area contributed by atoms with E-state index in [0.717, 1.165) is 6.54 Å². The predicted molar refractivity (Wildman–Crippen MR) is 55.3 cm³/mol. The number of nitrogens with one attached hydrogen (secondary N) is 1. The van der Waals surface area contributed by atoms with E-state index in [4.69, 9.17) is 5.73 Å². The summed E-state index contributed by atoms with van der Waals surface area (Å²) in [5, 5.41) is 3.22. The minimum atomic E-state index is 0.861. The highest BCUT2D eigenvalue weighted by Crippen LogP contribution is 1.95. The van der Waals surface area contributed by atoms with Crippen LogP contribution in [0.4, 0.5) is 0 Å². The fraction of sp³-hybridized carbons (Fsp3) is 1.00. The monoisotopic (exact) mass is 172 g/mol. The summed E-state index contributed by atoms with van der Waals surface area (Å²) < 4.78 is 0. The average Bonchev–Trinajstić information content (AvgIpc) is 2.62. The molecule has 0 spiro atoms. The Morgan fingerprint density at radius 2 is 1.75 bits per heavy atom. The average molecular weight is 172 g/mol. The maximum absolute atomic E-state index is 5.27. The number of nitrogens with two attached hydrogens (primary N) is 1. The molecule has 0 aromatic rings. The number of hydrogen-bond acceptors (Lipinski definition) is 2. The molecule has 1 aliphatic rings. The van der Waals surface area contributed by atoms with Gasteiger partial charge in [-0.1, -0.05) is 26.2 Å². The van der Waals surface area contributed by atoms with Crippen molar-refractivity contribution in [1.82, 2.24) is 5.32 Å². The van der Waals surface area contributed by atoms with Gasteiger partial charge < -0.3 is 11.1 Å². The topological polar surface area (TPSA) is 38.0 Å². The summed E-state index contributed by atoms with van der Waals surface area (Å²) in [5.74, 6) is 0. The lowest BCUT2D eigenvalue weighted by molar-refractivity contribution is 0.674. The first-order valence-electron chi connectivity index (χ1n) is 5.32. The molecule has 1 rings (SSSR count). The molecule has 0 radical (unpaired) electrons. The zero-order valence-corrected chi connectivity index (χ0v) is 8.44. The van der Waals surface area contributed by atoms with E-state index >= 15 is 0 Å². The van der Waals surface area contributed by atoms with Crippen LogP contribution in [-0.4, -0.2) is 19.6 Å². The van der Waals surface area contributed by atoms with Crippen LogP contribution in [0.1, 0.15) is 45.4 Å². The van der Waals surface area contributed by atoms with Gasteiger partial charge in [-0.2, -0.15) is 0 Å². The Morgan fingerprint density at radius 1 is 1.08 bits per heavy atom. The van der Waals surface area contributed by atoms with E-state index in [9.17, 15) is 0 Å². The van der Waals surface area contributed by atoms with E-state index in [1.807, 2.05) is 0 Å². The standard InChI is InChI=1S/C6H15N.C4H9N/c1-2-3-4-5-6-7;1-2-4-5-3-1/h2-7H2,1H3;5H,1-4H2. The molecule has 0 unspecified atom stereocenters. The van der Waals surface area contributed by atoms with Gasteiger partial charge in [0.05, 0.1) is 0 Å². The maximum atomic E-state index is 5.27. The number of rotatable bonds is 4. The van der Waals surface area contributed by atoms with Crippen molar-refractivity contribution in [3.8, 4) is 0 Å². The molecular weight excluding hydrogens is 148 g/mol. The highest BCUT2D eigenvalue weighted by Gasteiger charge is 1.93. The van der Waals surface area contributed by atoms with Crippen LogP contribution in [0.15, 0.2) is 0 Å². The van der Waals surface area contributed by atoms with Crippen LogP contribution in [0.2, 0.25) is 0 Å². The Balaban J connectivity index is 0.000000211. The van der Waals surface area contributed by atoms with Gasteiger partial charge in [0.1, 0.15) is 0 Å². The molecule has 0 aromatic heterocycles. The molecule has 0 aliphatic carbocycles. The van der Waals surface area contributed by atoms with Crippen molar-refractivity contribution in [3.63, 3.8) is 0 Å². The summed E-state index contributed by atoms with van der Waals surface area (Å²) in [6, 6.07) is 0. The Bertz CT molecular complexity index is 58.6. The van der Waals surface area contributed by atoms with Crippen molar-refractivity contribution in [1.29, 1.82) is 0 Å². The molecule has 0 saturated carbocycles. The Hall–Kier alpha value is -0.0800. The van der Waals surface area contributed by atoms with Crippen molar-refractivity contribution in [2.75, 3.05) is 19.6 Å². The lowest BCUT2D eigenvalue weighted by Gasteiger charge is -1.90. The van der Waals surface area contributed by atoms with Crippen molar-refractivity contribution in [2.24, 2.45) is 5.73 Å². The summed E-state index contributed by atoms with van der Waals surface area (Å²) in [6.07, 6.45) is 7.94. The first-order chi connectivity index (χ1) is 5.91. The van der Waals surface area contributed by atoms with Crippen LogP contribution in [0.3, 0.4) is 0 Å². The molecule has 12 heavy (non-hydrogen) atoms. The molecule has 1 heterocycles. The lowest BCUT2D eigenvalue weighted by atomic mass is 10.2. The molecule has 3 N–H and O–H groups in total. The van der Waals surface area contributed by atoms with E-state index in [0.29, 0.717) is 0 Å². The molecule has 1 aliphatic heterocycles. The fourth-order valence-corrected chi connectivity index (χ4v) is 1.20. The number of hydrogen-bond donors (Lipinski definition) is 2. The van der Waals surface area contributed by atoms with Gasteiger partial charge in [0.15, 0.2) is 0 Å². The van der Waals surface area contributed by atoms with Gasteiger partial charge in [-0.05, 0) is 38.9 Å². The molecular formula is C10H24N2. The van der Waals surface area contributed by atoms with Crippen LogP contribution in [0.25, 0.3) is 0 Å². The maximum Gasteiger partial charge on any atom is -0.00484 e. The summed E-state index contributed by atoms with van der Waals surface area (Å²) >= 11 is 0. The van der Waals surface area contributed by atoms with Crippen LogP contribution >= 0.6 is 0 Å². The van der Waals surface area contributed by atoms with Crippen molar-refractivity contribution < 1.29 is 0 Å². The first-order valence-corrected chi connectivity index (χ1v) is 5.32. The zero-order valence-electron chi connectivity index (χ0n) is 8.44. The van der Waals surface area contributed by atoms with Gasteiger partial charge in [-0.3, -0.25) is 0 Å². The van der Waals surface area contributed by atoms with E-state index in [1.165, 1.54) is 51.6 Å². The molecule has 0 bridgehead atoms. The van der Waals surface area contributed by atoms with Crippen molar-refractivity contribution in [2.45, 2.75) is 45.4 Å². The van der Waals surface area contributed by atoms with Crippen molar-refractivity contribution >= 4 is 0 Å². The quantitative estimate of drug-likeness (QED) is 0.636. The third-order valence-electron chi connectivity index (χ3n) is 2.01. The lowest BCUT2D eigenvalue weighted by Crippen LogP contribution is -2.03. The van der Waals surface area contributed by atoms with Crippen LogP contribution in [0.5, 0.6) is 0 Å². The SMILES string of the molecule is C1CCNC1.CCCCCCN. The third kappa shape index (κ3) is 9.92. The molecule has 1 saturated heterocycles. The molecule has 0 atom stereocenters. The zero-order chi connectivity index (χ0) is 9.07. The third-order valence-corrected chi connectivity index (χ3v) is 2.01. The Kier molecular flexibility index (Phi) is 10.8. The second kappa shape index (κ2) is 10.9. The fourth-order valence-electron chi connectivity index (χ4n) is 1.20. The molecule has 74 valence electrons. The van der Waals surface area contributed by atoms with E-state index in [-0.39, 0.29) is 0 Å². The predicted octanol–water partition coefficient (Wildman–Crippen LogP) is 1.90. The Morgan fingerprint density at radius 3 is 2.08 bits per heavy atom. The Labute approximate surface area is 76.9 Å². The molecule has 2 nitrogen and oxygen atoms in total. The molecule has 0 amide bonds. The molecule has 0 aromatic carbocycles. The number of unbranched alkanes of at least 4 members (excludes halogenated alkanes) is 3. The van der Waals surface area contributed by atoms with Gasteiger partial charge in [-0.25, -0.2) is 0 Å². The van der Waals surface area contributed by atoms with E-state index < -0.39 is 0 Å². The minimum Gasteiger partial charge on any atom is -0.330 e. The summed E-state index contributed by atoms with van der Waals surface area (Å²) in [7, 11) is 0. The summed E-state index contributed by atoms with van der Waals surface area (Å²) in [5.41, 5.74) is 5.27.